The van der Waals surface area contributed by atoms with Crippen LogP contribution >= 0.6 is 11.8 Å². The Balaban J connectivity index is 1.53. The second kappa shape index (κ2) is 8.66. The third kappa shape index (κ3) is 3.77. The zero-order valence-corrected chi connectivity index (χ0v) is 16.8. The first-order valence-corrected chi connectivity index (χ1v) is 10.1. The summed E-state index contributed by atoms with van der Waals surface area (Å²) in [6.07, 6.45) is -1.37. The van der Waals surface area contributed by atoms with Gasteiger partial charge in [0.15, 0.2) is 11.9 Å². The quantitative estimate of drug-likeness (QED) is 0.287. The zero-order valence-electron chi connectivity index (χ0n) is 16.0. The third-order valence-electron chi connectivity index (χ3n) is 4.87. The molecule has 10 nitrogen and oxygen atoms in total. The molecule has 3 aromatic rings. The molecule has 0 aliphatic carbocycles. The number of hydrogen-bond acceptors (Lipinski definition) is 10. The van der Waals surface area contributed by atoms with Gasteiger partial charge in [-0.15, -0.1) is 0 Å². The van der Waals surface area contributed by atoms with Crippen LogP contribution in [0.15, 0.2) is 41.9 Å². The average Bonchev–Trinajstić information content (AvgIpc) is 3.33. The Kier molecular flexibility index (Phi) is 5.97. The highest BCUT2D eigenvalue weighted by atomic mass is 32.2. The van der Waals surface area contributed by atoms with Gasteiger partial charge in [-0.2, -0.15) is 0 Å². The zero-order chi connectivity index (χ0) is 21.3. The highest BCUT2D eigenvalue weighted by Gasteiger charge is 2.44. The lowest BCUT2D eigenvalue weighted by atomic mass is 10.1. The van der Waals surface area contributed by atoms with Crippen LogP contribution in [0.2, 0.25) is 0 Å². The molecule has 0 radical (unpaired) electrons. The van der Waals surface area contributed by atoms with E-state index in [9.17, 15) is 20.1 Å². The predicted molar refractivity (Wildman–Crippen MR) is 106 cm³/mol. The molecule has 0 amide bonds. The van der Waals surface area contributed by atoms with E-state index < -0.39 is 31.1 Å². The van der Waals surface area contributed by atoms with Gasteiger partial charge in [0.05, 0.1) is 25.6 Å². The van der Waals surface area contributed by atoms with Gasteiger partial charge in [0.2, 0.25) is 0 Å². The second-order valence-corrected chi connectivity index (χ2v) is 7.67. The Labute approximate surface area is 175 Å². The first-order valence-electron chi connectivity index (χ1n) is 9.13. The summed E-state index contributed by atoms with van der Waals surface area (Å²) in [6.45, 7) is -0.411. The number of esters is 1. The van der Waals surface area contributed by atoms with Crippen molar-refractivity contribution in [3.8, 4) is 0 Å². The van der Waals surface area contributed by atoms with Crippen molar-refractivity contribution in [2.24, 2.45) is 0 Å². The van der Waals surface area contributed by atoms with Crippen molar-refractivity contribution >= 4 is 28.9 Å². The largest absolute Gasteiger partial charge is 0.465 e. The maximum atomic E-state index is 11.5. The van der Waals surface area contributed by atoms with Gasteiger partial charge in [0, 0.05) is 5.75 Å². The molecule has 2 aromatic heterocycles. The molecular formula is C19H20N4O6S. The average molecular weight is 432 g/mol. The normalized spacial score (nSPS) is 23.7. The molecule has 4 rings (SSSR count). The molecule has 11 heteroatoms. The van der Waals surface area contributed by atoms with Crippen LogP contribution in [0.4, 0.5) is 0 Å². The van der Waals surface area contributed by atoms with E-state index in [1.807, 2.05) is 12.1 Å². The second-order valence-electron chi connectivity index (χ2n) is 6.71. The van der Waals surface area contributed by atoms with Crippen LogP contribution in [0.5, 0.6) is 0 Å². The summed E-state index contributed by atoms with van der Waals surface area (Å²) in [5.74, 6) is 0.205. The van der Waals surface area contributed by atoms with Crippen molar-refractivity contribution in [3.05, 3.63) is 48.0 Å². The highest BCUT2D eigenvalue weighted by molar-refractivity contribution is 7.98. The van der Waals surface area contributed by atoms with E-state index in [-0.39, 0.29) is 5.97 Å². The maximum absolute atomic E-state index is 11.5. The van der Waals surface area contributed by atoms with E-state index in [2.05, 4.69) is 15.0 Å². The molecule has 1 aliphatic heterocycles. The van der Waals surface area contributed by atoms with Crippen molar-refractivity contribution in [1.29, 1.82) is 0 Å². The molecule has 1 aliphatic rings. The number of rotatable bonds is 6. The topological polar surface area (TPSA) is 140 Å². The van der Waals surface area contributed by atoms with Crippen molar-refractivity contribution in [2.45, 2.75) is 35.3 Å². The van der Waals surface area contributed by atoms with Gasteiger partial charge in [0.25, 0.3) is 0 Å². The lowest BCUT2D eigenvalue weighted by molar-refractivity contribution is -0.0511. The summed E-state index contributed by atoms with van der Waals surface area (Å²) >= 11 is 1.45. The van der Waals surface area contributed by atoms with Crippen LogP contribution in [0, 0.1) is 0 Å². The van der Waals surface area contributed by atoms with Crippen LogP contribution in [-0.2, 0) is 15.2 Å². The summed E-state index contributed by atoms with van der Waals surface area (Å²) in [5.41, 5.74) is 2.45. The molecule has 4 atom stereocenters. The number of ether oxygens (including phenoxy) is 2. The molecule has 0 bridgehead atoms. The first-order chi connectivity index (χ1) is 14.5. The molecule has 0 spiro atoms. The molecule has 1 aromatic carbocycles. The number of carbonyl (C=O) groups excluding carboxylic acids is 1. The molecule has 3 N–H and O–H groups in total. The molecule has 3 heterocycles. The van der Waals surface area contributed by atoms with E-state index in [1.54, 1.807) is 12.1 Å². The fourth-order valence-electron chi connectivity index (χ4n) is 3.24. The Bertz CT molecular complexity index is 1040. The van der Waals surface area contributed by atoms with E-state index >= 15 is 0 Å². The number of hydrogen-bond donors (Lipinski definition) is 3. The van der Waals surface area contributed by atoms with Gasteiger partial charge >= 0.3 is 5.97 Å². The predicted octanol–water partition coefficient (Wildman–Crippen LogP) is 0.517. The smallest absolute Gasteiger partial charge is 0.337 e. The molecule has 1 saturated heterocycles. The number of aliphatic hydroxyl groups is 3. The van der Waals surface area contributed by atoms with Gasteiger partial charge in [-0.05, 0) is 17.7 Å². The summed E-state index contributed by atoms with van der Waals surface area (Å²) in [5, 5.41) is 30.2. The Hall–Kier alpha value is -2.57. The minimum atomic E-state index is -1.22. The number of aliphatic hydroxyl groups excluding tert-OH is 3. The molecular weight excluding hydrogens is 412 g/mol. The number of thioether (sulfide) groups is 1. The Morgan fingerprint density at radius 2 is 1.97 bits per heavy atom. The van der Waals surface area contributed by atoms with Crippen molar-refractivity contribution < 1.29 is 29.6 Å². The van der Waals surface area contributed by atoms with E-state index in [1.165, 1.54) is 36.1 Å². The number of fused-ring (bicyclic) bond motifs is 1. The fraction of sp³-hybridized carbons (Fsp3) is 0.368. The van der Waals surface area contributed by atoms with Gasteiger partial charge < -0.3 is 24.8 Å². The molecule has 30 heavy (non-hydrogen) atoms. The van der Waals surface area contributed by atoms with Gasteiger partial charge in [-0.25, -0.2) is 19.7 Å². The molecule has 0 saturated carbocycles. The van der Waals surface area contributed by atoms with Crippen LogP contribution in [0.25, 0.3) is 11.2 Å². The standard InChI is InChI=1S/C19H20N4O6S/c1-28-19(27)11-4-2-10(3-5-11)7-30-17-13-16(20-8-21-17)23(9-22-13)18-15(26)14(25)12(6-24)29-18/h2-5,8-9,12,14-15,18,24-26H,6-7H2,1H3/t12-,14?,15?,18-/m1/s1. The molecule has 2 unspecified atom stereocenters. The minimum absolute atomic E-state index is 0.387. The van der Waals surface area contributed by atoms with E-state index in [0.29, 0.717) is 27.5 Å². The maximum Gasteiger partial charge on any atom is 0.337 e. The number of carbonyl (C=O) groups is 1. The first kappa shape index (κ1) is 20.7. The van der Waals surface area contributed by atoms with Crippen LogP contribution in [0.3, 0.4) is 0 Å². The number of benzene rings is 1. The Morgan fingerprint density at radius 1 is 1.20 bits per heavy atom. The van der Waals surface area contributed by atoms with Crippen LogP contribution in [-0.4, -0.2) is 72.8 Å². The minimum Gasteiger partial charge on any atom is -0.465 e. The van der Waals surface area contributed by atoms with E-state index in [4.69, 9.17) is 9.47 Å². The summed E-state index contributed by atoms with van der Waals surface area (Å²) in [4.78, 5) is 24.4. The number of nitrogens with zero attached hydrogens (tertiary/aromatic N) is 4. The lowest BCUT2D eigenvalue weighted by Gasteiger charge is -2.16. The summed E-state index contributed by atoms with van der Waals surface area (Å²) in [6, 6.07) is 7.09. The fourth-order valence-corrected chi connectivity index (χ4v) is 4.14. The van der Waals surface area contributed by atoms with E-state index in [0.717, 1.165) is 5.56 Å². The van der Waals surface area contributed by atoms with Gasteiger partial charge in [-0.3, -0.25) is 4.57 Å². The van der Waals surface area contributed by atoms with Crippen molar-refractivity contribution in [2.75, 3.05) is 13.7 Å². The van der Waals surface area contributed by atoms with Crippen LogP contribution in [0.1, 0.15) is 22.1 Å². The number of methoxy groups -OCH3 is 1. The molecule has 1 fully saturated rings. The van der Waals surface area contributed by atoms with Crippen molar-refractivity contribution in [1.82, 2.24) is 19.5 Å². The summed E-state index contributed by atoms with van der Waals surface area (Å²) in [7, 11) is 1.34. The SMILES string of the molecule is COC(=O)c1ccc(CSc2ncnc3c2ncn3[C@@H]2O[C@H](CO)C(O)C2O)cc1. The van der Waals surface area contributed by atoms with Gasteiger partial charge in [-0.1, -0.05) is 23.9 Å². The monoisotopic (exact) mass is 432 g/mol. The third-order valence-corrected chi connectivity index (χ3v) is 5.92. The van der Waals surface area contributed by atoms with Crippen molar-refractivity contribution in [3.63, 3.8) is 0 Å². The van der Waals surface area contributed by atoms with Gasteiger partial charge in [0.1, 0.15) is 35.2 Å². The molecule has 158 valence electrons. The van der Waals surface area contributed by atoms with Crippen LogP contribution < -0.4 is 0 Å². The number of aromatic nitrogens is 4. The summed E-state index contributed by atoms with van der Waals surface area (Å²) < 4.78 is 11.8. The Morgan fingerprint density at radius 3 is 2.63 bits per heavy atom. The highest BCUT2D eigenvalue weighted by Crippen LogP contribution is 2.33. The lowest BCUT2D eigenvalue weighted by Crippen LogP contribution is -2.33. The number of imidazole rings is 1.